The van der Waals surface area contributed by atoms with Crippen molar-refractivity contribution in [2.24, 2.45) is 5.92 Å². The molecule has 0 bridgehead atoms. The molecule has 112 valence electrons. The molecule has 2 atom stereocenters. The maximum atomic E-state index is 10.6. The minimum atomic E-state index is -0.485. The first kappa shape index (κ1) is 15.6. The van der Waals surface area contributed by atoms with Crippen LogP contribution in [0.3, 0.4) is 0 Å². The first-order valence-electron chi connectivity index (χ1n) is 7.37. The van der Waals surface area contributed by atoms with Crippen LogP contribution >= 0.6 is 15.9 Å². The van der Waals surface area contributed by atoms with Gasteiger partial charge in [0.25, 0.3) is 0 Å². The van der Waals surface area contributed by atoms with E-state index in [4.69, 9.17) is 9.47 Å². The van der Waals surface area contributed by atoms with Crippen molar-refractivity contribution in [2.45, 2.75) is 46.1 Å². The molecule has 1 aliphatic carbocycles. The molecule has 20 heavy (non-hydrogen) atoms. The predicted octanol–water partition coefficient (Wildman–Crippen LogP) is 4.25. The zero-order valence-corrected chi connectivity index (χ0v) is 14.0. The summed E-state index contributed by atoms with van der Waals surface area (Å²) >= 11 is 3.62. The third kappa shape index (κ3) is 3.12. The van der Waals surface area contributed by atoms with Crippen LogP contribution in [0, 0.1) is 5.92 Å². The number of hydrogen-bond donors (Lipinski definition) is 1. The molecule has 0 amide bonds. The summed E-state index contributed by atoms with van der Waals surface area (Å²) < 4.78 is 12.5. The summed E-state index contributed by atoms with van der Waals surface area (Å²) in [7, 11) is 0. The number of fused-ring (bicyclic) bond motifs is 1. The number of benzene rings is 1. The van der Waals surface area contributed by atoms with Crippen LogP contribution in [0.1, 0.15) is 50.8 Å². The molecule has 1 N–H and O–H groups in total. The number of aliphatic hydroxyl groups is 1. The smallest absolute Gasteiger partial charge is 0.167 e. The van der Waals surface area contributed by atoms with Gasteiger partial charge in [0.15, 0.2) is 11.5 Å². The second kappa shape index (κ2) is 6.81. The van der Waals surface area contributed by atoms with E-state index in [0.717, 1.165) is 34.9 Å². The fourth-order valence-corrected chi connectivity index (χ4v) is 3.46. The van der Waals surface area contributed by atoms with Gasteiger partial charge in [0, 0.05) is 10.0 Å². The fraction of sp³-hybridized carbons (Fsp3) is 0.625. The van der Waals surface area contributed by atoms with Gasteiger partial charge in [0.2, 0.25) is 0 Å². The third-order valence-corrected chi connectivity index (χ3v) is 4.48. The van der Waals surface area contributed by atoms with Gasteiger partial charge in [0.1, 0.15) is 0 Å². The van der Waals surface area contributed by atoms with Gasteiger partial charge >= 0.3 is 0 Å². The van der Waals surface area contributed by atoms with Crippen LogP contribution in [-0.4, -0.2) is 18.3 Å². The van der Waals surface area contributed by atoms with Gasteiger partial charge in [-0.05, 0) is 50.7 Å². The summed E-state index contributed by atoms with van der Waals surface area (Å²) in [6.07, 6.45) is 2.33. The van der Waals surface area contributed by atoms with E-state index >= 15 is 0 Å². The fourth-order valence-electron chi connectivity index (χ4n) is 2.84. The van der Waals surface area contributed by atoms with E-state index in [-0.39, 0.29) is 0 Å². The molecule has 0 fully saturated rings. The molecule has 0 spiro atoms. The van der Waals surface area contributed by atoms with Crippen LogP contribution < -0.4 is 9.47 Å². The van der Waals surface area contributed by atoms with Crippen LogP contribution in [0.25, 0.3) is 0 Å². The Morgan fingerprint density at radius 2 is 2.00 bits per heavy atom. The van der Waals surface area contributed by atoms with Crippen molar-refractivity contribution in [3.63, 3.8) is 0 Å². The first-order chi connectivity index (χ1) is 9.58. The van der Waals surface area contributed by atoms with E-state index in [9.17, 15) is 5.11 Å². The summed E-state index contributed by atoms with van der Waals surface area (Å²) in [6, 6.07) is 1.97. The van der Waals surface area contributed by atoms with Gasteiger partial charge < -0.3 is 14.6 Å². The first-order valence-corrected chi connectivity index (χ1v) is 8.16. The maximum Gasteiger partial charge on any atom is 0.167 e. The van der Waals surface area contributed by atoms with Gasteiger partial charge in [0.05, 0.1) is 19.3 Å². The van der Waals surface area contributed by atoms with Crippen molar-refractivity contribution in [3.8, 4) is 11.5 Å². The largest absolute Gasteiger partial charge is 0.490 e. The third-order valence-electron chi connectivity index (χ3n) is 3.77. The van der Waals surface area contributed by atoms with Crippen molar-refractivity contribution >= 4 is 15.9 Å². The average Bonchev–Trinajstić information content (AvgIpc) is 2.54. The highest BCUT2D eigenvalue weighted by Crippen LogP contribution is 2.46. The predicted molar refractivity (Wildman–Crippen MR) is 83.5 cm³/mol. The number of halogens is 1. The topological polar surface area (TPSA) is 38.7 Å². The molecule has 2 unspecified atom stereocenters. The Bertz CT molecular complexity index is 473. The molecule has 0 aromatic heterocycles. The lowest BCUT2D eigenvalue weighted by Crippen LogP contribution is -2.08. The Hall–Kier alpha value is -0.740. The summed E-state index contributed by atoms with van der Waals surface area (Å²) in [5.74, 6) is 1.94. The van der Waals surface area contributed by atoms with Crippen LogP contribution in [0.5, 0.6) is 11.5 Å². The van der Waals surface area contributed by atoms with E-state index in [2.05, 4.69) is 22.9 Å². The summed E-state index contributed by atoms with van der Waals surface area (Å²) in [5.41, 5.74) is 2.07. The molecular weight excluding hydrogens is 320 g/mol. The summed E-state index contributed by atoms with van der Waals surface area (Å²) in [6.45, 7) is 7.24. The molecule has 1 aromatic carbocycles. The van der Waals surface area contributed by atoms with E-state index in [1.54, 1.807) is 0 Å². The monoisotopic (exact) mass is 342 g/mol. The average molecular weight is 343 g/mol. The molecule has 3 nitrogen and oxygen atoms in total. The summed E-state index contributed by atoms with van der Waals surface area (Å²) in [5, 5.41) is 10.6. The second-order valence-corrected chi connectivity index (χ2v) is 6.19. The second-order valence-electron chi connectivity index (χ2n) is 5.34. The van der Waals surface area contributed by atoms with Crippen molar-refractivity contribution in [1.29, 1.82) is 0 Å². The molecule has 4 heteroatoms. The normalized spacial score (nSPS) is 22.1. The Morgan fingerprint density at radius 3 is 2.65 bits per heavy atom. The Morgan fingerprint density at radius 1 is 1.30 bits per heavy atom. The van der Waals surface area contributed by atoms with Crippen molar-refractivity contribution < 1.29 is 14.6 Å². The SMILES string of the molecule is CCOc1cc(Br)c2c(c1OCC)C(O)CC(C)CC2. The number of hydrogen-bond acceptors (Lipinski definition) is 3. The molecule has 0 saturated heterocycles. The molecule has 0 saturated carbocycles. The van der Waals surface area contributed by atoms with E-state index in [0.29, 0.717) is 30.6 Å². The van der Waals surface area contributed by atoms with Crippen molar-refractivity contribution in [3.05, 3.63) is 21.7 Å². The van der Waals surface area contributed by atoms with Crippen LogP contribution in [0.4, 0.5) is 0 Å². The summed E-state index contributed by atoms with van der Waals surface area (Å²) in [4.78, 5) is 0. The maximum absolute atomic E-state index is 10.6. The zero-order chi connectivity index (χ0) is 14.7. The van der Waals surface area contributed by atoms with Gasteiger partial charge in [-0.15, -0.1) is 0 Å². The quantitative estimate of drug-likeness (QED) is 0.831. The lowest BCUT2D eigenvalue weighted by atomic mass is 9.98. The van der Waals surface area contributed by atoms with Crippen molar-refractivity contribution in [2.75, 3.05) is 13.2 Å². The molecule has 0 radical (unpaired) electrons. The molecule has 1 aliphatic rings. The van der Waals surface area contributed by atoms with Crippen molar-refractivity contribution in [1.82, 2.24) is 0 Å². The Labute approximate surface area is 129 Å². The molecule has 2 rings (SSSR count). The van der Waals surface area contributed by atoms with Crippen LogP contribution in [-0.2, 0) is 6.42 Å². The highest BCUT2D eigenvalue weighted by Gasteiger charge is 2.28. The zero-order valence-electron chi connectivity index (χ0n) is 12.4. The van der Waals surface area contributed by atoms with Gasteiger partial charge in [-0.3, -0.25) is 0 Å². The lowest BCUT2D eigenvalue weighted by Gasteiger charge is -2.21. The highest BCUT2D eigenvalue weighted by molar-refractivity contribution is 9.10. The standard InChI is InChI=1S/C16H23BrO3/c1-4-19-14-9-12(17)11-7-6-10(3)8-13(18)15(11)16(14)20-5-2/h9-10,13,18H,4-8H2,1-3H3. The van der Waals surface area contributed by atoms with Crippen LogP contribution in [0.15, 0.2) is 10.5 Å². The molecular formula is C16H23BrO3. The molecule has 1 aromatic rings. The molecule has 0 heterocycles. The number of aliphatic hydroxyl groups excluding tert-OH is 1. The van der Waals surface area contributed by atoms with E-state index < -0.39 is 6.10 Å². The molecule has 0 aliphatic heterocycles. The van der Waals surface area contributed by atoms with E-state index in [1.807, 2.05) is 19.9 Å². The van der Waals surface area contributed by atoms with Gasteiger partial charge in [-0.25, -0.2) is 0 Å². The number of rotatable bonds is 4. The lowest BCUT2D eigenvalue weighted by molar-refractivity contribution is 0.144. The Kier molecular flexibility index (Phi) is 5.33. The van der Waals surface area contributed by atoms with Gasteiger partial charge in [-0.2, -0.15) is 0 Å². The van der Waals surface area contributed by atoms with E-state index in [1.165, 1.54) is 0 Å². The highest BCUT2D eigenvalue weighted by atomic mass is 79.9. The number of ether oxygens (including phenoxy) is 2. The minimum absolute atomic E-state index is 0.485. The van der Waals surface area contributed by atoms with Crippen LogP contribution in [0.2, 0.25) is 0 Å². The van der Waals surface area contributed by atoms with Gasteiger partial charge in [-0.1, -0.05) is 22.9 Å². The minimum Gasteiger partial charge on any atom is -0.490 e. The Balaban J connectivity index is 2.57.